The fraction of sp³-hybridized carbons (Fsp3) is 0.154. The van der Waals surface area contributed by atoms with E-state index in [1.807, 2.05) is 24.3 Å². The fourth-order valence-corrected chi connectivity index (χ4v) is 3.91. The van der Waals surface area contributed by atoms with Gasteiger partial charge < -0.3 is 15.2 Å². The molecule has 0 bridgehead atoms. The van der Waals surface area contributed by atoms with Crippen LogP contribution in [-0.2, 0) is 4.74 Å². The van der Waals surface area contributed by atoms with Gasteiger partial charge in [-0.1, -0.05) is 66.4 Å². The zero-order valence-corrected chi connectivity index (χ0v) is 17.0. The first-order chi connectivity index (χ1) is 15.1. The number of hydrogen-bond acceptors (Lipinski definition) is 3. The molecule has 1 aliphatic rings. The topological polar surface area (TPSA) is 75.6 Å². The molecular formula is C26H21NO4. The van der Waals surface area contributed by atoms with Crippen LogP contribution in [0.1, 0.15) is 38.5 Å². The SMILES string of the molecule is Cc1c(C#CCNC(=O)OCC2c3ccccc3-c3ccccc32)cccc1C(=O)O. The van der Waals surface area contributed by atoms with Gasteiger partial charge in [0.15, 0.2) is 0 Å². The lowest BCUT2D eigenvalue weighted by Gasteiger charge is -2.14. The summed E-state index contributed by atoms with van der Waals surface area (Å²) in [6, 6.07) is 21.3. The van der Waals surface area contributed by atoms with E-state index in [9.17, 15) is 14.7 Å². The van der Waals surface area contributed by atoms with Gasteiger partial charge in [-0.15, -0.1) is 0 Å². The number of nitrogens with one attached hydrogen (secondary N) is 1. The van der Waals surface area contributed by atoms with Crippen molar-refractivity contribution >= 4 is 12.1 Å². The van der Waals surface area contributed by atoms with Gasteiger partial charge in [0.05, 0.1) is 12.1 Å². The monoisotopic (exact) mass is 411 g/mol. The highest BCUT2D eigenvalue weighted by Gasteiger charge is 2.28. The van der Waals surface area contributed by atoms with E-state index in [0.29, 0.717) is 11.1 Å². The van der Waals surface area contributed by atoms with Crippen LogP contribution in [0.4, 0.5) is 4.79 Å². The quantitative estimate of drug-likeness (QED) is 0.616. The Balaban J connectivity index is 1.36. The number of benzene rings is 3. The van der Waals surface area contributed by atoms with Gasteiger partial charge in [-0.3, -0.25) is 0 Å². The van der Waals surface area contributed by atoms with Crippen molar-refractivity contribution in [2.75, 3.05) is 13.2 Å². The summed E-state index contributed by atoms with van der Waals surface area (Å²) in [6.07, 6.45) is -0.535. The first-order valence-electron chi connectivity index (χ1n) is 9.97. The molecular weight excluding hydrogens is 390 g/mol. The van der Waals surface area contributed by atoms with E-state index in [1.54, 1.807) is 19.1 Å². The predicted octanol–water partition coefficient (Wildman–Crippen LogP) is 4.58. The minimum Gasteiger partial charge on any atom is -0.478 e. The van der Waals surface area contributed by atoms with Crippen LogP contribution < -0.4 is 5.32 Å². The average Bonchev–Trinajstić information content (AvgIpc) is 3.10. The maximum Gasteiger partial charge on any atom is 0.407 e. The third-order valence-electron chi connectivity index (χ3n) is 5.45. The Morgan fingerprint density at radius 3 is 2.26 bits per heavy atom. The maximum atomic E-state index is 12.2. The first kappa shape index (κ1) is 20.2. The molecule has 3 aromatic carbocycles. The lowest BCUT2D eigenvalue weighted by atomic mass is 9.98. The van der Waals surface area contributed by atoms with Crippen LogP contribution in [0.25, 0.3) is 11.1 Å². The second-order valence-corrected chi connectivity index (χ2v) is 7.26. The van der Waals surface area contributed by atoms with Gasteiger partial charge in [-0.25, -0.2) is 9.59 Å². The molecule has 4 rings (SSSR count). The molecule has 0 heterocycles. The molecule has 5 nitrogen and oxygen atoms in total. The minimum atomic E-state index is -0.988. The summed E-state index contributed by atoms with van der Waals surface area (Å²) in [6.45, 7) is 2.06. The highest BCUT2D eigenvalue weighted by atomic mass is 16.5. The summed E-state index contributed by atoms with van der Waals surface area (Å²) >= 11 is 0. The number of carbonyl (C=O) groups is 2. The summed E-state index contributed by atoms with van der Waals surface area (Å²) in [4.78, 5) is 23.4. The number of fused-ring (bicyclic) bond motifs is 3. The summed E-state index contributed by atoms with van der Waals surface area (Å²) in [5.41, 5.74) is 6.11. The Morgan fingerprint density at radius 1 is 0.968 bits per heavy atom. The summed E-state index contributed by atoms with van der Waals surface area (Å²) in [5, 5.41) is 11.8. The van der Waals surface area contributed by atoms with Crippen LogP contribution >= 0.6 is 0 Å². The molecule has 0 atom stereocenters. The van der Waals surface area contributed by atoms with E-state index < -0.39 is 12.1 Å². The van der Waals surface area contributed by atoms with Crippen LogP contribution in [-0.4, -0.2) is 30.3 Å². The second-order valence-electron chi connectivity index (χ2n) is 7.26. The molecule has 1 aliphatic carbocycles. The molecule has 0 radical (unpaired) electrons. The lowest BCUT2D eigenvalue weighted by Crippen LogP contribution is -2.26. The fourth-order valence-electron chi connectivity index (χ4n) is 3.91. The zero-order valence-electron chi connectivity index (χ0n) is 17.0. The Bertz CT molecular complexity index is 1170. The molecule has 154 valence electrons. The standard InChI is InChI=1S/C26H21NO4/c1-17-18(8-6-14-19(17)25(28)29)9-7-15-27-26(30)31-16-24-22-12-4-2-10-20(22)21-11-3-5-13-23(21)24/h2-6,8,10-14,24H,15-16H2,1H3,(H,27,30)(H,28,29). The van der Waals surface area contributed by atoms with Crippen LogP contribution in [0, 0.1) is 18.8 Å². The largest absolute Gasteiger partial charge is 0.478 e. The Morgan fingerprint density at radius 2 is 1.61 bits per heavy atom. The van der Waals surface area contributed by atoms with Gasteiger partial charge in [0.1, 0.15) is 6.61 Å². The van der Waals surface area contributed by atoms with Crippen molar-refractivity contribution in [3.63, 3.8) is 0 Å². The van der Waals surface area contributed by atoms with E-state index >= 15 is 0 Å². The number of carboxylic acid groups (broad SMARTS) is 1. The van der Waals surface area contributed by atoms with Crippen LogP contribution in [0.15, 0.2) is 66.7 Å². The lowest BCUT2D eigenvalue weighted by molar-refractivity contribution is 0.0696. The molecule has 0 aromatic heterocycles. The zero-order chi connectivity index (χ0) is 21.8. The number of ether oxygens (including phenoxy) is 1. The van der Waals surface area contributed by atoms with Gasteiger partial charge in [0, 0.05) is 11.5 Å². The molecule has 0 fully saturated rings. The van der Waals surface area contributed by atoms with E-state index in [-0.39, 0.29) is 24.6 Å². The molecule has 3 aromatic rings. The average molecular weight is 411 g/mol. The van der Waals surface area contributed by atoms with Crippen LogP contribution in [0.3, 0.4) is 0 Å². The number of alkyl carbamates (subject to hydrolysis) is 1. The Labute approximate surface area is 180 Å². The smallest absolute Gasteiger partial charge is 0.407 e. The molecule has 0 unspecified atom stereocenters. The maximum absolute atomic E-state index is 12.2. The molecule has 0 saturated heterocycles. The molecule has 0 aliphatic heterocycles. The van der Waals surface area contributed by atoms with Crippen molar-refractivity contribution in [1.82, 2.24) is 5.32 Å². The van der Waals surface area contributed by atoms with Crippen molar-refractivity contribution in [1.29, 1.82) is 0 Å². The van der Waals surface area contributed by atoms with Crippen molar-refractivity contribution in [3.05, 3.63) is 94.5 Å². The molecule has 2 N–H and O–H groups in total. The van der Waals surface area contributed by atoms with Gasteiger partial charge >= 0.3 is 12.1 Å². The number of hydrogen-bond donors (Lipinski definition) is 2. The molecule has 0 saturated carbocycles. The third kappa shape index (κ3) is 4.15. The molecule has 0 spiro atoms. The predicted molar refractivity (Wildman–Crippen MR) is 118 cm³/mol. The van der Waals surface area contributed by atoms with Crippen molar-refractivity contribution in [2.45, 2.75) is 12.8 Å². The number of aromatic carboxylic acids is 1. The Kier molecular flexibility index (Phi) is 5.72. The van der Waals surface area contributed by atoms with Gasteiger partial charge in [0.25, 0.3) is 0 Å². The summed E-state index contributed by atoms with van der Waals surface area (Å²) < 4.78 is 5.47. The second kappa shape index (κ2) is 8.76. The van der Waals surface area contributed by atoms with Gasteiger partial charge in [-0.05, 0) is 46.9 Å². The summed E-state index contributed by atoms with van der Waals surface area (Å²) in [5.74, 6) is 4.76. The molecule has 1 amide bonds. The van der Waals surface area contributed by atoms with Crippen molar-refractivity contribution in [3.8, 4) is 23.0 Å². The normalized spacial score (nSPS) is 11.6. The number of rotatable bonds is 4. The van der Waals surface area contributed by atoms with E-state index in [2.05, 4.69) is 41.4 Å². The van der Waals surface area contributed by atoms with E-state index in [1.165, 1.54) is 17.2 Å². The number of carbonyl (C=O) groups excluding carboxylic acids is 1. The van der Waals surface area contributed by atoms with E-state index in [4.69, 9.17) is 4.74 Å². The third-order valence-corrected chi connectivity index (χ3v) is 5.45. The van der Waals surface area contributed by atoms with Crippen LogP contribution in [0.2, 0.25) is 0 Å². The molecule has 5 heteroatoms. The van der Waals surface area contributed by atoms with Crippen molar-refractivity contribution in [2.24, 2.45) is 0 Å². The Hall–Kier alpha value is -4.04. The van der Waals surface area contributed by atoms with Gasteiger partial charge in [-0.2, -0.15) is 0 Å². The van der Waals surface area contributed by atoms with E-state index in [0.717, 1.165) is 11.1 Å². The van der Waals surface area contributed by atoms with Gasteiger partial charge in [0.2, 0.25) is 0 Å². The highest BCUT2D eigenvalue weighted by molar-refractivity contribution is 5.90. The minimum absolute atomic E-state index is 0.00522. The first-order valence-corrected chi connectivity index (χ1v) is 9.97. The number of amides is 1. The van der Waals surface area contributed by atoms with Crippen LogP contribution in [0.5, 0.6) is 0 Å². The highest BCUT2D eigenvalue weighted by Crippen LogP contribution is 2.44. The molecule has 31 heavy (non-hydrogen) atoms. The van der Waals surface area contributed by atoms with Crippen molar-refractivity contribution < 1.29 is 19.4 Å². The summed E-state index contributed by atoms with van der Waals surface area (Å²) in [7, 11) is 0. The number of carboxylic acids is 1.